The number of primary amides is 1. The Morgan fingerprint density at radius 2 is 1.80 bits per heavy atom. The van der Waals surface area contributed by atoms with E-state index in [1.54, 1.807) is 0 Å². The molecule has 1 saturated heterocycles. The molecule has 13 heteroatoms. The standard InChI is InChI=1S/C17H23F3N4O4S2/c1-29-11-6-13(22-16(21)26)15(25)23-7-9-24(10-8-23)30(27,28)14-5-3-2-4-12(14)17(18,19)20/h2-5,13H,6-11H2,1H3,(H3,21,22,26). The number of hydrogen-bond donors (Lipinski definition) is 2. The highest BCUT2D eigenvalue weighted by molar-refractivity contribution is 7.98. The summed E-state index contributed by atoms with van der Waals surface area (Å²) in [4.78, 5) is 24.4. The minimum absolute atomic E-state index is 0.0115. The molecule has 1 heterocycles. The molecule has 0 radical (unpaired) electrons. The molecule has 0 saturated carbocycles. The van der Waals surface area contributed by atoms with Crippen LogP contribution in [-0.4, -0.2) is 73.8 Å². The van der Waals surface area contributed by atoms with Gasteiger partial charge in [-0.15, -0.1) is 0 Å². The topological polar surface area (TPSA) is 113 Å². The van der Waals surface area contributed by atoms with E-state index in [9.17, 15) is 31.2 Å². The van der Waals surface area contributed by atoms with Gasteiger partial charge in [0.1, 0.15) is 6.04 Å². The van der Waals surface area contributed by atoms with Gasteiger partial charge in [-0.25, -0.2) is 13.2 Å². The third-order valence-electron chi connectivity index (χ3n) is 4.59. The van der Waals surface area contributed by atoms with Crippen molar-refractivity contribution in [2.45, 2.75) is 23.5 Å². The van der Waals surface area contributed by atoms with Gasteiger partial charge in [-0.1, -0.05) is 12.1 Å². The summed E-state index contributed by atoms with van der Waals surface area (Å²) in [5, 5.41) is 2.38. The number of halogens is 3. The van der Waals surface area contributed by atoms with Crippen LogP contribution in [0.3, 0.4) is 0 Å². The van der Waals surface area contributed by atoms with E-state index in [1.165, 1.54) is 22.7 Å². The van der Waals surface area contributed by atoms with Crippen molar-refractivity contribution >= 4 is 33.7 Å². The van der Waals surface area contributed by atoms with Crippen molar-refractivity contribution in [3.63, 3.8) is 0 Å². The zero-order valence-corrected chi connectivity index (χ0v) is 17.8. The molecular weight excluding hydrogens is 445 g/mol. The third-order valence-corrected chi connectivity index (χ3v) is 7.19. The minimum atomic E-state index is -4.81. The van der Waals surface area contributed by atoms with E-state index >= 15 is 0 Å². The first kappa shape index (κ1) is 24.3. The SMILES string of the molecule is CSCCC(NC(N)=O)C(=O)N1CCN(S(=O)(=O)c2ccccc2C(F)(F)F)CC1. The summed E-state index contributed by atoms with van der Waals surface area (Å²) in [6.45, 7) is -0.344. The lowest BCUT2D eigenvalue weighted by atomic mass is 10.2. The summed E-state index contributed by atoms with van der Waals surface area (Å²) in [5.74, 6) is 0.190. The minimum Gasteiger partial charge on any atom is -0.352 e. The number of rotatable bonds is 7. The fourth-order valence-corrected chi connectivity index (χ4v) is 5.20. The molecule has 1 atom stereocenters. The monoisotopic (exact) mass is 468 g/mol. The molecule has 0 aromatic heterocycles. The van der Waals surface area contributed by atoms with E-state index in [1.807, 2.05) is 6.26 Å². The van der Waals surface area contributed by atoms with Gasteiger partial charge in [0.25, 0.3) is 0 Å². The number of nitrogens with zero attached hydrogens (tertiary/aromatic N) is 2. The molecule has 1 aromatic carbocycles. The van der Waals surface area contributed by atoms with Crippen molar-refractivity contribution in [3.8, 4) is 0 Å². The third kappa shape index (κ3) is 5.79. The van der Waals surface area contributed by atoms with Crippen LogP contribution in [0.4, 0.5) is 18.0 Å². The number of benzene rings is 1. The number of amides is 3. The van der Waals surface area contributed by atoms with Gasteiger partial charge in [0.05, 0.1) is 10.5 Å². The van der Waals surface area contributed by atoms with E-state index in [2.05, 4.69) is 5.32 Å². The van der Waals surface area contributed by atoms with Crippen molar-refractivity contribution in [2.75, 3.05) is 38.2 Å². The summed E-state index contributed by atoms with van der Waals surface area (Å²) in [6, 6.07) is 2.30. The second-order valence-electron chi connectivity index (χ2n) is 6.57. The number of piperazine rings is 1. The highest BCUT2D eigenvalue weighted by Gasteiger charge is 2.40. The number of carbonyl (C=O) groups is 2. The Hall–Kier alpha value is -1.99. The van der Waals surface area contributed by atoms with Crippen molar-refractivity contribution in [1.82, 2.24) is 14.5 Å². The normalized spacial score (nSPS) is 16.9. The van der Waals surface area contributed by atoms with E-state index in [4.69, 9.17) is 5.73 Å². The van der Waals surface area contributed by atoms with Gasteiger partial charge in [-0.3, -0.25) is 4.79 Å². The predicted octanol–water partition coefficient (Wildman–Crippen LogP) is 1.33. The Bertz CT molecular complexity index is 872. The zero-order chi connectivity index (χ0) is 22.5. The van der Waals surface area contributed by atoms with Crippen molar-refractivity contribution in [2.24, 2.45) is 5.73 Å². The molecular formula is C17H23F3N4O4S2. The van der Waals surface area contributed by atoms with E-state index in [-0.39, 0.29) is 26.2 Å². The smallest absolute Gasteiger partial charge is 0.352 e. The van der Waals surface area contributed by atoms with Crippen LogP contribution in [0.25, 0.3) is 0 Å². The Labute approximate surface area is 177 Å². The number of urea groups is 1. The maximum Gasteiger partial charge on any atom is 0.417 e. The molecule has 1 aliphatic heterocycles. The van der Waals surface area contributed by atoms with Gasteiger partial charge in [0.15, 0.2) is 0 Å². The Morgan fingerprint density at radius 3 is 2.33 bits per heavy atom. The summed E-state index contributed by atoms with van der Waals surface area (Å²) < 4.78 is 66.2. The predicted molar refractivity (Wildman–Crippen MR) is 106 cm³/mol. The quantitative estimate of drug-likeness (QED) is 0.627. The maximum atomic E-state index is 13.2. The van der Waals surface area contributed by atoms with Crippen molar-refractivity contribution in [1.29, 1.82) is 0 Å². The summed E-state index contributed by atoms with van der Waals surface area (Å²) in [6.07, 6.45) is -2.62. The summed E-state index contributed by atoms with van der Waals surface area (Å²) in [7, 11) is -4.40. The van der Waals surface area contributed by atoms with Crippen LogP contribution in [0, 0.1) is 0 Å². The van der Waals surface area contributed by atoms with Crippen LogP contribution < -0.4 is 11.1 Å². The average Bonchev–Trinajstić information content (AvgIpc) is 2.69. The van der Waals surface area contributed by atoms with Crippen LogP contribution in [0.2, 0.25) is 0 Å². The Morgan fingerprint density at radius 1 is 1.20 bits per heavy atom. The summed E-state index contributed by atoms with van der Waals surface area (Å²) >= 11 is 1.48. The Balaban J connectivity index is 2.13. The van der Waals surface area contributed by atoms with E-state index < -0.39 is 44.6 Å². The van der Waals surface area contributed by atoms with Gasteiger partial charge in [0, 0.05) is 26.2 Å². The molecule has 168 valence electrons. The average molecular weight is 469 g/mol. The van der Waals surface area contributed by atoms with Gasteiger partial charge in [0.2, 0.25) is 15.9 Å². The number of carbonyl (C=O) groups excluding carboxylic acids is 2. The second kappa shape index (κ2) is 9.88. The van der Waals surface area contributed by atoms with Gasteiger partial charge in [-0.05, 0) is 30.6 Å². The molecule has 1 aliphatic rings. The van der Waals surface area contributed by atoms with Crippen LogP contribution >= 0.6 is 11.8 Å². The molecule has 0 spiro atoms. The number of sulfonamides is 1. The lowest BCUT2D eigenvalue weighted by Gasteiger charge is -2.36. The summed E-state index contributed by atoms with van der Waals surface area (Å²) in [5.41, 5.74) is 3.89. The fourth-order valence-electron chi connectivity index (χ4n) is 3.10. The molecule has 1 fully saturated rings. The second-order valence-corrected chi connectivity index (χ2v) is 9.46. The molecule has 0 aliphatic carbocycles. The molecule has 1 unspecified atom stereocenters. The van der Waals surface area contributed by atoms with E-state index in [0.717, 1.165) is 22.5 Å². The zero-order valence-electron chi connectivity index (χ0n) is 16.2. The van der Waals surface area contributed by atoms with Crippen LogP contribution in [0.15, 0.2) is 29.2 Å². The van der Waals surface area contributed by atoms with Gasteiger partial charge < -0.3 is 16.0 Å². The number of nitrogens with one attached hydrogen (secondary N) is 1. The first-order valence-electron chi connectivity index (χ1n) is 8.98. The van der Waals surface area contributed by atoms with Gasteiger partial charge >= 0.3 is 12.2 Å². The van der Waals surface area contributed by atoms with E-state index in [0.29, 0.717) is 12.2 Å². The first-order chi connectivity index (χ1) is 14.0. The first-order valence-corrected chi connectivity index (χ1v) is 11.8. The van der Waals surface area contributed by atoms with Crippen LogP contribution in [-0.2, 0) is 21.0 Å². The maximum absolute atomic E-state index is 13.2. The molecule has 3 amide bonds. The molecule has 30 heavy (non-hydrogen) atoms. The Kier molecular flexibility index (Phi) is 7.99. The molecule has 0 bridgehead atoms. The number of hydrogen-bond acceptors (Lipinski definition) is 5. The molecule has 2 rings (SSSR count). The fraction of sp³-hybridized carbons (Fsp3) is 0.529. The van der Waals surface area contributed by atoms with Gasteiger partial charge in [-0.2, -0.15) is 29.2 Å². The van der Waals surface area contributed by atoms with Crippen LogP contribution in [0.5, 0.6) is 0 Å². The number of nitrogens with two attached hydrogens (primary N) is 1. The molecule has 1 aromatic rings. The highest BCUT2D eigenvalue weighted by Crippen LogP contribution is 2.35. The lowest BCUT2D eigenvalue weighted by molar-refractivity contribution is -0.139. The highest BCUT2D eigenvalue weighted by atomic mass is 32.2. The van der Waals surface area contributed by atoms with Crippen LogP contribution in [0.1, 0.15) is 12.0 Å². The van der Waals surface area contributed by atoms with Crippen molar-refractivity contribution in [3.05, 3.63) is 29.8 Å². The number of thioether (sulfide) groups is 1. The molecule has 3 N–H and O–H groups in total. The van der Waals surface area contributed by atoms with Crippen molar-refractivity contribution < 1.29 is 31.2 Å². The lowest BCUT2D eigenvalue weighted by Crippen LogP contribution is -2.56. The number of alkyl halides is 3. The molecule has 8 nitrogen and oxygen atoms in total. The largest absolute Gasteiger partial charge is 0.417 e.